The number of hydrogen-bond acceptors (Lipinski definition) is 7. The third-order valence-electron chi connectivity index (χ3n) is 8.92. The van der Waals surface area contributed by atoms with Crippen LogP contribution in [0.15, 0.2) is 28.8 Å². The number of nitrogens with zero attached hydrogens (tertiary/aromatic N) is 1. The van der Waals surface area contributed by atoms with Crippen LogP contribution in [0, 0.1) is 28.6 Å². The lowest BCUT2D eigenvalue weighted by atomic mass is 9.45. The Hall–Kier alpha value is -1.83. The van der Waals surface area contributed by atoms with Crippen LogP contribution in [0.5, 0.6) is 0 Å². The average Bonchev–Trinajstić information content (AvgIpc) is 3.13. The van der Waals surface area contributed by atoms with E-state index in [0.717, 1.165) is 0 Å². The van der Waals surface area contributed by atoms with E-state index in [1.54, 1.807) is 6.92 Å². The third-order valence-corrected chi connectivity index (χ3v) is 8.92. The summed E-state index contributed by atoms with van der Waals surface area (Å²) in [5.74, 6) is -0.334. The molecule has 5 rings (SSSR count). The van der Waals surface area contributed by atoms with Crippen molar-refractivity contribution in [3.05, 3.63) is 23.8 Å². The van der Waals surface area contributed by atoms with Gasteiger partial charge in [-0.1, -0.05) is 19.9 Å². The van der Waals surface area contributed by atoms with Crippen molar-refractivity contribution in [2.24, 2.45) is 33.6 Å². The second kappa shape index (κ2) is 6.11. The first-order chi connectivity index (χ1) is 14.1. The number of fused-ring (bicyclic) bond motifs is 7. The van der Waals surface area contributed by atoms with E-state index in [-0.39, 0.29) is 29.3 Å². The quantitative estimate of drug-likeness (QED) is 0.619. The van der Waals surface area contributed by atoms with Gasteiger partial charge in [-0.15, -0.1) is 0 Å². The zero-order valence-corrected chi connectivity index (χ0v) is 17.5. The molecule has 3 saturated carbocycles. The van der Waals surface area contributed by atoms with Crippen LogP contribution < -0.4 is 0 Å². The monoisotopic (exact) mass is 415 g/mol. The van der Waals surface area contributed by atoms with Gasteiger partial charge in [-0.25, -0.2) is 4.99 Å². The van der Waals surface area contributed by atoms with Crippen molar-refractivity contribution in [2.75, 3.05) is 6.61 Å². The normalized spacial score (nSPS) is 51.2. The summed E-state index contributed by atoms with van der Waals surface area (Å²) in [6, 6.07) is 0. The molecule has 7 nitrogen and oxygen atoms in total. The number of hydrogen-bond donors (Lipinski definition) is 3. The van der Waals surface area contributed by atoms with E-state index < -0.39 is 41.3 Å². The molecule has 3 N–H and O–H groups in total. The number of carbonyl (C=O) groups is 2. The lowest BCUT2D eigenvalue weighted by Crippen LogP contribution is -2.63. The average molecular weight is 415 g/mol. The van der Waals surface area contributed by atoms with Gasteiger partial charge in [-0.2, -0.15) is 0 Å². The van der Waals surface area contributed by atoms with Crippen molar-refractivity contribution >= 4 is 17.5 Å². The maximum absolute atomic E-state index is 13.1. The summed E-state index contributed by atoms with van der Waals surface area (Å²) >= 11 is 0. The fraction of sp³-hybridized carbons (Fsp3) is 0.696. The SMILES string of the molecule is CC1=N[C@]2(C(=O)CO)[C@H](C[C@@H]3[C@@H]4C[C@@H](O)C5=CC(=O)C=C[C@]5(C)[C@@H]4[C@@H](O)C[C@@]32C)O1. The zero-order valence-electron chi connectivity index (χ0n) is 17.5. The van der Waals surface area contributed by atoms with E-state index in [1.807, 2.05) is 19.9 Å². The van der Waals surface area contributed by atoms with Crippen LogP contribution in [0.3, 0.4) is 0 Å². The van der Waals surface area contributed by atoms with E-state index in [2.05, 4.69) is 4.99 Å². The number of aliphatic hydroxyl groups excluding tert-OH is 3. The number of rotatable bonds is 2. The molecule has 0 spiro atoms. The maximum atomic E-state index is 13.1. The lowest BCUT2D eigenvalue weighted by molar-refractivity contribution is -0.150. The molecule has 0 unspecified atom stereocenters. The molecule has 162 valence electrons. The first kappa shape index (κ1) is 20.1. The molecule has 3 fully saturated rings. The van der Waals surface area contributed by atoms with E-state index in [4.69, 9.17) is 4.74 Å². The van der Waals surface area contributed by atoms with Crippen molar-refractivity contribution in [3.63, 3.8) is 0 Å². The molecular weight excluding hydrogens is 386 g/mol. The zero-order chi connectivity index (χ0) is 21.6. The Morgan fingerprint density at radius 2 is 2.03 bits per heavy atom. The topological polar surface area (TPSA) is 116 Å². The predicted octanol–water partition coefficient (Wildman–Crippen LogP) is 0.963. The Kier molecular flexibility index (Phi) is 4.09. The number of aliphatic hydroxyl groups is 3. The standard InChI is InChI=1S/C23H29NO6/c1-11-24-23(18(29)10-25)19(30-11)8-14-13-7-16(27)15-6-12(26)4-5-21(15,2)20(13)17(28)9-22(14,23)3/h4-6,13-14,16-17,19-20,25,27-28H,7-10H2,1-3H3/t13-,14+,16+,17-,19-,20-,21-,22-,23+/m0/s1. The Morgan fingerprint density at radius 1 is 1.30 bits per heavy atom. The first-order valence-electron chi connectivity index (χ1n) is 10.8. The molecular formula is C23H29NO6. The van der Waals surface area contributed by atoms with Crippen molar-refractivity contribution < 1.29 is 29.6 Å². The summed E-state index contributed by atoms with van der Waals surface area (Å²) in [7, 11) is 0. The largest absolute Gasteiger partial charge is 0.475 e. The Balaban J connectivity index is 1.63. The Labute approximate surface area is 175 Å². The van der Waals surface area contributed by atoms with Crippen molar-refractivity contribution in [1.29, 1.82) is 0 Å². The molecule has 0 radical (unpaired) electrons. The fourth-order valence-electron chi connectivity index (χ4n) is 7.86. The van der Waals surface area contributed by atoms with E-state index in [0.29, 0.717) is 30.7 Å². The van der Waals surface area contributed by atoms with Gasteiger partial charge in [-0.3, -0.25) is 9.59 Å². The van der Waals surface area contributed by atoms with Crippen LogP contribution in [0.4, 0.5) is 0 Å². The molecule has 0 aromatic heterocycles. The van der Waals surface area contributed by atoms with Gasteiger partial charge < -0.3 is 20.1 Å². The van der Waals surface area contributed by atoms with Crippen molar-refractivity contribution in [1.82, 2.24) is 0 Å². The highest BCUT2D eigenvalue weighted by Crippen LogP contribution is 2.69. The van der Waals surface area contributed by atoms with Gasteiger partial charge in [0.2, 0.25) is 0 Å². The van der Waals surface area contributed by atoms with Gasteiger partial charge in [0.1, 0.15) is 12.7 Å². The molecule has 1 aliphatic heterocycles. The molecule has 0 saturated heterocycles. The number of Topliss-reactive ketones (excluding diaryl/α,β-unsaturated/α-hetero) is 1. The second-order valence-corrected chi connectivity index (χ2v) is 10.2. The van der Waals surface area contributed by atoms with Crippen molar-refractivity contribution in [3.8, 4) is 0 Å². The van der Waals surface area contributed by atoms with E-state index >= 15 is 0 Å². The number of allylic oxidation sites excluding steroid dienone is 3. The molecule has 0 bridgehead atoms. The highest BCUT2D eigenvalue weighted by atomic mass is 16.5. The summed E-state index contributed by atoms with van der Waals surface area (Å²) < 4.78 is 5.96. The molecule has 0 aromatic carbocycles. The van der Waals surface area contributed by atoms with Crippen LogP contribution in [-0.2, 0) is 14.3 Å². The highest BCUT2D eigenvalue weighted by Gasteiger charge is 2.74. The van der Waals surface area contributed by atoms with Crippen LogP contribution in [0.1, 0.15) is 40.0 Å². The second-order valence-electron chi connectivity index (χ2n) is 10.2. The lowest BCUT2D eigenvalue weighted by Gasteiger charge is -2.60. The number of ether oxygens (including phenoxy) is 1. The molecule has 0 aromatic rings. The molecule has 0 amide bonds. The smallest absolute Gasteiger partial charge is 0.190 e. The van der Waals surface area contributed by atoms with Gasteiger partial charge in [0.05, 0.1) is 12.2 Å². The number of aliphatic imine (C=N–C) groups is 1. The summed E-state index contributed by atoms with van der Waals surface area (Å²) in [6.07, 6.45) is 4.23. The molecule has 4 aliphatic carbocycles. The summed E-state index contributed by atoms with van der Waals surface area (Å²) in [5, 5.41) is 32.2. The summed E-state index contributed by atoms with van der Waals surface area (Å²) in [6.45, 7) is 5.06. The molecule has 1 heterocycles. The summed E-state index contributed by atoms with van der Waals surface area (Å²) in [5.41, 5.74) is -1.85. The Bertz CT molecular complexity index is 923. The molecule has 5 aliphatic rings. The Morgan fingerprint density at radius 3 is 2.73 bits per heavy atom. The summed E-state index contributed by atoms with van der Waals surface area (Å²) in [4.78, 5) is 29.7. The minimum absolute atomic E-state index is 0.0118. The van der Waals surface area contributed by atoms with Gasteiger partial charge >= 0.3 is 0 Å². The molecule has 30 heavy (non-hydrogen) atoms. The predicted molar refractivity (Wildman–Crippen MR) is 108 cm³/mol. The maximum Gasteiger partial charge on any atom is 0.190 e. The van der Waals surface area contributed by atoms with Crippen molar-refractivity contribution in [2.45, 2.75) is 63.9 Å². The number of ketones is 2. The van der Waals surface area contributed by atoms with Gasteiger partial charge in [0.25, 0.3) is 0 Å². The molecule has 7 heteroatoms. The van der Waals surface area contributed by atoms with Gasteiger partial charge in [0.15, 0.2) is 23.0 Å². The van der Waals surface area contributed by atoms with E-state index in [1.165, 1.54) is 12.2 Å². The fourth-order valence-corrected chi connectivity index (χ4v) is 7.86. The first-order valence-corrected chi connectivity index (χ1v) is 10.8. The number of carbonyl (C=O) groups excluding carboxylic acids is 2. The van der Waals surface area contributed by atoms with Crippen LogP contribution in [-0.4, -0.2) is 63.2 Å². The third kappa shape index (κ3) is 2.18. The minimum atomic E-state index is -1.21. The van der Waals surface area contributed by atoms with Crippen LogP contribution >= 0.6 is 0 Å². The van der Waals surface area contributed by atoms with Crippen LogP contribution in [0.25, 0.3) is 0 Å². The van der Waals surface area contributed by atoms with Crippen LogP contribution in [0.2, 0.25) is 0 Å². The van der Waals surface area contributed by atoms with E-state index in [9.17, 15) is 24.9 Å². The van der Waals surface area contributed by atoms with Gasteiger partial charge in [-0.05, 0) is 48.8 Å². The highest BCUT2D eigenvalue weighted by molar-refractivity contribution is 6.01. The molecule has 9 atom stereocenters. The minimum Gasteiger partial charge on any atom is -0.475 e. The van der Waals surface area contributed by atoms with Gasteiger partial charge in [0, 0.05) is 23.7 Å².